The SMILES string of the molecule is CCCC(CS(=O)c1ccc2c(c1)OCCO2)NC. The third kappa shape index (κ3) is 3.70. The highest BCUT2D eigenvalue weighted by Crippen LogP contribution is 2.31. The van der Waals surface area contributed by atoms with E-state index in [2.05, 4.69) is 12.2 Å². The summed E-state index contributed by atoms with van der Waals surface area (Å²) in [7, 11) is 0.907. The minimum absolute atomic E-state index is 0.291. The van der Waals surface area contributed by atoms with Crippen LogP contribution in [0.25, 0.3) is 0 Å². The van der Waals surface area contributed by atoms with Crippen molar-refractivity contribution in [3.63, 3.8) is 0 Å². The lowest BCUT2D eigenvalue weighted by Crippen LogP contribution is -2.30. The first-order chi connectivity index (χ1) is 9.24. The zero-order valence-corrected chi connectivity index (χ0v) is 12.3. The molecule has 0 saturated carbocycles. The van der Waals surface area contributed by atoms with Gasteiger partial charge in [0, 0.05) is 22.8 Å². The highest BCUT2D eigenvalue weighted by atomic mass is 32.2. The van der Waals surface area contributed by atoms with Gasteiger partial charge in [0.1, 0.15) is 13.2 Å². The highest BCUT2D eigenvalue weighted by Gasteiger charge is 2.16. The molecule has 0 saturated heterocycles. The van der Waals surface area contributed by atoms with Gasteiger partial charge >= 0.3 is 0 Å². The second kappa shape index (κ2) is 6.91. The fourth-order valence-corrected chi connectivity index (χ4v) is 3.45. The monoisotopic (exact) mass is 283 g/mol. The van der Waals surface area contributed by atoms with Gasteiger partial charge < -0.3 is 14.8 Å². The second-order valence-electron chi connectivity index (χ2n) is 4.59. The molecule has 0 radical (unpaired) electrons. The molecule has 1 aromatic carbocycles. The highest BCUT2D eigenvalue weighted by molar-refractivity contribution is 7.85. The first-order valence-electron chi connectivity index (χ1n) is 6.70. The summed E-state index contributed by atoms with van der Waals surface area (Å²) >= 11 is 0. The average molecular weight is 283 g/mol. The largest absolute Gasteiger partial charge is 0.486 e. The Morgan fingerprint density at radius 3 is 2.74 bits per heavy atom. The topological polar surface area (TPSA) is 47.6 Å². The van der Waals surface area contributed by atoms with Gasteiger partial charge in [-0.3, -0.25) is 4.21 Å². The number of rotatable bonds is 6. The summed E-state index contributed by atoms with van der Waals surface area (Å²) in [5.74, 6) is 2.07. The van der Waals surface area contributed by atoms with E-state index >= 15 is 0 Å². The van der Waals surface area contributed by atoms with Crippen molar-refractivity contribution in [1.29, 1.82) is 0 Å². The van der Waals surface area contributed by atoms with Crippen LogP contribution in [0.4, 0.5) is 0 Å². The maximum atomic E-state index is 12.3. The average Bonchev–Trinajstić information content (AvgIpc) is 2.46. The molecule has 0 aliphatic carbocycles. The standard InChI is InChI=1S/C14H21NO3S/c1-3-4-11(15-2)10-19(16)12-5-6-13-14(9-12)18-8-7-17-13/h5-6,9,11,15H,3-4,7-8,10H2,1-2H3. The number of nitrogens with one attached hydrogen (secondary N) is 1. The lowest BCUT2D eigenvalue weighted by molar-refractivity contribution is 0.171. The third-order valence-corrected chi connectivity index (χ3v) is 4.66. The van der Waals surface area contributed by atoms with Crippen molar-refractivity contribution in [1.82, 2.24) is 5.32 Å². The van der Waals surface area contributed by atoms with Crippen LogP contribution in [0, 0.1) is 0 Å². The van der Waals surface area contributed by atoms with Crippen molar-refractivity contribution in [2.45, 2.75) is 30.7 Å². The fraction of sp³-hybridized carbons (Fsp3) is 0.571. The minimum atomic E-state index is -1.01. The summed E-state index contributed by atoms with van der Waals surface area (Å²) < 4.78 is 23.3. The van der Waals surface area contributed by atoms with E-state index in [0.717, 1.165) is 23.5 Å². The van der Waals surface area contributed by atoms with E-state index in [0.29, 0.717) is 30.8 Å². The molecule has 5 heteroatoms. The molecule has 0 fully saturated rings. The van der Waals surface area contributed by atoms with E-state index in [1.807, 2.05) is 25.2 Å². The Hall–Kier alpha value is -1.07. The van der Waals surface area contributed by atoms with Gasteiger partial charge in [0.05, 0.1) is 10.8 Å². The maximum Gasteiger partial charge on any atom is 0.162 e. The van der Waals surface area contributed by atoms with Gasteiger partial charge in [-0.2, -0.15) is 0 Å². The summed E-state index contributed by atoms with van der Waals surface area (Å²) in [5.41, 5.74) is 0. The molecule has 2 unspecified atom stereocenters. The van der Waals surface area contributed by atoms with E-state index < -0.39 is 10.8 Å². The summed E-state index contributed by atoms with van der Waals surface area (Å²) in [6, 6.07) is 5.83. The molecule has 1 heterocycles. The second-order valence-corrected chi connectivity index (χ2v) is 6.09. The molecular formula is C14H21NO3S. The van der Waals surface area contributed by atoms with Crippen LogP contribution < -0.4 is 14.8 Å². The Kier molecular flexibility index (Phi) is 5.22. The molecule has 4 nitrogen and oxygen atoms in total. The molecule has 0 amide bonds. The Morgan fingerprint density at radius 1 is 1.32 bits per heavy atom. The van der Waals surface area contributed by atoms with E-state index in [1.165, 1.54) is 0 Å². The predicted octanol–water partition coefficient (Wildman–Crippen LogP) is 1.95. The van der Waals surface area contributed by atoms with Crippen molar-refractivity contribution >= 4 is 10.8 Å². The predicted molar refractivity (Wildman–Crippen MR) is 76.5 cm³/mol. The zero-order chi connectivity index (χ0) is 13.7. The van der Waals surface area contributed by atoms with Gasteiger partial charge in [-0.15, -0.1) is 0 Å². The summed E-state index contributed by atoms with van der Waals surface area (Å²) in [6.07, 6.45) is 2.12. The number of fused-ring (bicyclic) bond motifs is 1. The Labute approximate surface area is 116 Å². The van der Waals surface area contributed by atoms with Crippen LogP contribution in [0.5, 0.6) is 11.5 Å². The van der Waals surface area contributed by atoms with Crippen molar-refractivity contribution in [3.05, 3.63) is 18.2 Å². The molecule has 0 aromatic heterocycles. The van der Waals surface area contributed by atoms with Crippen LogP contribution in [0.15, 0.2) is 23.1 Å². The Bertz CT molecular complexity index is 450. The Balaban J connectivity index is 2.06. The molecule has 1 aliphatic heterocycles. The number of hydrogen-bond donors (Lipinski definition) is 1. The van der Waals surface area contributed by atoms with Crippen LogP contribution in [0.3, 0.4) is 0 Å². The first kappa shape index (κ1) is 14.3. The number of hydrogen-bond acceptors (Lipinski definition) is 4. The first-order valence-corrected chi connectivity index (χ1v) is 8.01. The molecule has 2 rings (SSSR count). The summed E-state index contributed by atoms with van der Waals surface area (Å²) in [4.78, 5) is 0.806. The van der Waals surface area contributed by atoms with Crippen LogP contribution >= 0.6 is 0 Å². The maximum absolute atomic E-state index is 12.3. The van der Waals surface area contributed by atoms with Gasteiger partial charge in [-0.25, -0.2) is 0 Å². The van der Waals surface area contributed by atoms with Gasteiger partial charge in [0.2, 0.25) is 0 Å². The van der Waals surface area contributed by atoms with Crippen molar-refractivity contribution < 1.29 is 13.7 Å². The number of benzene rings is 1. The number of ether oxygens (including phenoxy) is 2. The fourth-order valence-electron chi connectivity index (χ4n) is 2.10. The van der Waals surface area contributed by atoms with E-state index in [-0.39, 0.29) is 0 Å². The van der Waals surface area contributed by atoms with Crippen molar-refractivity contribution in [3.8, 4) is 11.5 Å². The smallest absolute Gasteiger partial charge is 0.162 e. The van der Waals surface area contributed by atoms with E-state index in [4.69, 9.17) is 9.47 Å². The molecule has 2 atom stereocenters. The van der Waals surface area contributed by atoms with Crippen LogP contribution in [-0.2, 0) is 10.8 Å². The van der Waals surface area contributed by atoms with Crippen LogP contribution in [0.1, 0.15) is 19.8 Å². The van der Waals surface area contributed by atoms with Gasteiger partial charge in [-0.1, -0.05) is 13.3 Å². The van der Waals surface area contributed by atoms with Gasteiger partial charge in [0.25, 0.3) is 0 Å². The zero-order valence-electron chi connectivity index (χ0n) is 11.5. The minimum Gasteiger partial charge on any atom is -0.486 e. The molecule has 0 bridgehead atoms. The van der Waals surface area contributed by atoms with Crippen molar-refractivity contribution in [2.24, 2.45) is 0 Å². The van der Waals surface area contributed by atoms with E-state index in [1.54, 1.807) is 0 Å². The summed E-state index contributed by atoms with van der Waals surface area (Å²) in [5, 5.41) is 3.22. The van der Waals surface area contributed by atoms with Gasteiger partial charge in [-0.05, 0) is 25.6 Å². The molecule has 1 aliphatic rings. The molecule has 0 spiro atoms. The van der Waals surface area contributed by atoms with Crippen molar-refractivity contribution in [2.75, 3.05) is 26.0 Å². The van der Waals surface area contributed by atoms with Gasteiger partial charge in [0.15, 0.2) is 11.5 Å². The molecular weight excluding hydrogens is 262 g/mol. The lowest BCUT2D eigenvalue weighted by atomic mass is 10.2. The molecule has 19 heavy (non-hydrogen) atoms. The molecule has 1 aromatic rings. The van der Waals surface area contributed by atoms with E-state index in [9.17, 15) is 4.21 Å². The quantitative estimate of drug-likeness (QED) is 0.867. The Morgan fingerprint density at radius 2 is 2.05 bits per heavy atom. The third-order valence-electron chi connectivity index (χ3n) is 3.17. The normalized spacial score (nSPS) is 16.9. The lowest BCUT2D eigenvalue weighted by Gasteiger charge is -2.19. The summed E-state index contributed by atoms with van der Waals surface area (Å²) in [6.45, 7) is 3.27. The molecule has 1 N–H and O–H groups in total. The molecule has 106 valence electrons. The van der Waals surface area contributed by atoms with Crippen LogP contribution in [-0.4, -0.2) is 36.3 Å². The van der Waals surface area contributed by atoms with Crippen LogP contribution in [0.2, 0.25) is 0 Å².